The largest absolute Gasteiger partial charge is 0.334 e. The highest BCUT2D eigenvalue weighted by atomic mass is 79.9. The van der Waals surface area contributed by atoms with Crippen molar-refractivity contribution in [3.05, 3.63) is 33.3 Å². The van der Waals surface area contributed by atoms with Crippen molar-refractivity contribution < 1.29 is 9.05 Å². The van der Waals surface area contributed by atoms with E-state index < -0.39 is 8.38 Å². The van der Waals surface area contributed by atoms with Gasteiger partial charge in [0.2, 0.25) is 0 Å². The van der Waals surface area contributed by atoms with Gasteiger partial charge in [-0.15, -0.1) is 0 Å². The van der Waals surface area contributed by atoms with Gasteiger partial charge in [0.05, 0.1) is 13.2 Å². The van der Waals surface area contributed by atoms with Gasteiger partial charge in [-0.2, -0.15) is 0 Å². The summed E-state index contributed by atoms with van der Waals surface area (Å²) in [5, 5.41) is 0.751. The smallest absolute Gasteiger partial charge is 0.175 e. The lowest BCUT2D eigenvalue weighted by Crippen LogP contribution is -1.94. The molecule has 0 unspecified atom stereocenters. The van der Waals surface area contributed by atoms with E-state index in [-0.39, 0.29) is 0 Å². The Morgan fingerprint density at radius 1 is 1.25 bits per heavy atom. The third kappa shape index (κ3) is 4.68. The first-order chi connectivity index (χ1) is 7.67. The topological polar surface area (TPSA) is 18.5 Å². The van der Waals surface area contributed by atoms with Crippen molar-refractivity contribution in [1.82, 2.24) is 0 Å². The fourth-order valence-corrected chi connectivity index (χ4v) is 3.43. The Balaban J connectivity index is 2.68. The minimum Gasteiger partial charge on any atom is -0.334 e. The predicted molar refractivity (Wildman–Crippen MR) is 73.0 cm³/mol. The molecule has 0 fully saturated rings. The molecule has 5 heteroatoms. The van der Waals surface area contributed by atoms with Crippen molar-refractivity contribution in [3.63, 3.8) is 0 Å². The molecule has 1 aromatic carbocycles. The van der Waals surface area contributed by atoms with E-state index in [0.29, 0.717) is 13.2 Å². The fourth-order valence-electron chi connectivity index (χ4n) is 1.21. The molecule has 0 radical (unpaired) electrons. The highest BCUT2D eigenvalue weighted by Gasteiger charge is 2.12. The molecule has 2 nitrogen and oxygen atoms in total. The monoisotopic (exact) mass is 324 g/mol. The Labute approximate surface area is 111 Å². The van der Waals surface area contributed by atoms with E-state index in [4.69, 9.17) is 20.6 Å². The van der Waals surface area contributed by atoms with Crippen LogP contribution in [0, 0.1) is 0 Å². The summed E-state index contributed by atoms with van der Waals surface area (Å²) in [6.07, 6.45) is 0.739. The molecule has 0 aliphatic carbocycles. The van der Waals surface area contributed by atoms with E-state index >= 15 is 0 Å². The van der Waals surface area contributed by atoms with Crippen LogP contribution >= 0.6 is 35.9 Å². The molecule has 0 amide bonds. The molecular weight excluding hydrogens is 310 g/mol. The zero-order valence-corrected chi connectivity index (χ0v) is 12.6. The predicted octanol–water partition coefficient (Wildman–Crippen LogP) is 4.99. The van der Waals surface area contributed by atoms with Crippen LogP contribution in [0.15, 0.2) is 22.7 Å². The van der Waals surface area contributed by atoms with Crippen LogP contribution in [0.5, 0.6) is 0 Å². The number of halogens is 2. The molecule has 1 aromatic rings. The van der Waals surface area contributed by atoms with Crippen molar-refractivity contribution in [2.75, 3.05) is 13.2 Å². The fraction of sp³-hybridized carbons (Fsp3) is 0.455. The van der Waals surface area contributed by atoms with Crippen LogP contribution < -0.4 is 0 Å². The minimum absolute atomic E-state index is 0.667. The van der Waals surface area contributed by atoms with E-state index in [1.807, 2.05) is 32.0 Å². The maximum absolute atomic E-state index is 6.14. The zero-order chi connectivity index (χ0) is 12.0. The number of hydrogen-bond donors (Lipinski definition) is 0. The first-order valence-corrected chi connectivity index (χ1v) is 7.68. The summed E-state index contributed by atoms with van der Waals surface area (Å²) in [5.74, 6) is 0. The molecular formula is C11H15BrClO2P. The Hall–Kier alpha value is 0.340. The molecule has 1 rings (SSSR count). The second kappa shape index (κ2) is 7.62. The van der Waals surface area contributed by atoms with Gasteiger partial charge in [0.25, 0.3) is 0 Å². The number of hydrogen-bond acceptors (Lipinski definition) is 2. The third-order valence-corrected chi connectivity index (χ3v) is 4.40. The molecule has 0 atom stereocenters. The Morgan fingerprint density at radius 2 is 1.88 bits per heavy atom. The van der Waals surface area contributed by atoms with Gasteiger partial charge < -0.3 is 9.05 Å². The van der Waals surface area contributed by atoms with E-state index in [2.05, 4.69) is 15.9 Å². The summed E-state index contributed by atoms with van der Waals surface area (Å²) in [4.78, 5) is 0. The molecule has 0 N–H and O–H groups in total. The van der Waals surface area contributed by atoms with E-state index in [9.17, 15) is 0 Å². The van der Waals surface area contributed by atoms with Gasteiger partial charge in [0, 0.05) is 15.7 Å². The van der Waals surface area contributed by atoms with Crippen LogP contribution in [-0.2, 0) is 15.2 Å². The molecule has 0 saturated heterocycles. The molecule has 0 bridgehead atoms. The molecule has 90 valence electrons. The molecule has 0 aromatic heterocycles. The lowest BCUT2D eigenvalue weighted by Gasteiger charge is -2.16. The maximum atomic E-state index is 6.14. The molecule has 0 spiro atoms. The van der Waals surface area contributed by atoms with Crippen LogP contribution in [0.3, 0.4) is 0 Å². The maximum Gasteiger partial charge on any atom is 0.175 e. The summed E-state index contributed by atoms with van der Waals surface area (Å²) in [7, 11) is -0.863. The molecule has 0 aliphatic rings. The van der Waals surface area contributed by atoms with Gasteiger partial charge in [0.15, 0.2) is 8.38 Å². The summed E-state index contributed by atoms with van der Waals surface area (Å²) in [6.45, 7) is 5.27. The third-order valence-electron chi connectivity index (χ3n) is 1.86. The van der Waals surface area contributed by atoms with Crippen LogP contribution in [0.25, 0.3) is 0 Å². The lowest BCUT2D eigenvalue weighted by molar-refractivity contribution is 0.268. The van der Waals surface area contributed by atoms with Crippen LogP contribution in [0.1, 0.15) is 19.4 Å². The average molecular weight is 326 g/mol. The lowest BCUT2D eigenvalue weighted by atomic mass is 10.2. The van der Waals surface area contributed by atoms with Crippen LogP contribution in [0.2, 0.25) is 5.02 Å². The Morgan fingerprint density at radius 3 is 2.38 bits per heavy atom. The molecule has 0 aliphatic heterocycles. The Kier molecular flexibility index (Phi) is 6.86. The van der Waals surface area contributed by atoms with Crippen molar-refractivity contribution in [1.29, 1.82) is 0 Å². The van der Waals surface area contributed by atoms with Crippen LogP contribution in [-0.4, -0.2) is 13.2 Å². The molecule has 0 heterocycles. The highest BCUT2D eigenvalue weighted by molar-refractivity contribution is 9.10. The standard InChI is InChI=1S/C11H15BrClO2P/c1-3-14-16(15-4-2)8-9-5-6-10(12)7-11(9)13/h5-7H,3-4,8H2,1-2H3. The van der Waals surface area contributed by atoms with Gasteiger partial charge in [-0.3, -0.25) is 0 Å². The summed E-state index contributed by atoms with van der Waals surface area (Å²) >= 11 is 9.53. The normalized spacial score (nSPS) is 11.1. The quantitative estimate of drug-likeness (QED) is 0.686. The van der Waals surface area contributed by atoms with Gasteiger partial charge in [-0.1, -0.05) is 33.6 Å². The van der Waals surface area contributed by atoms with E-state index in [1.165, 1.54) is 0 Å². The zero-order valence-electron chi connectivity index (χ0n) is 9.37. The van der Waals surface area contributed by atoms with E-state index in [1.54, 1.807) is 0 Å². The first-order valence-electron chi connectivity index (χ1n) is 5.14. The average Bonchev–Trinajstić information content (AvgIpc) is 2.23. The van der Waals surface area contributed by atoms with Gasteiger partial charge in [0.1, 0.15) is 0 Å². The SMILES string of the molecule is CCOP(Cc1ccc(Br)cc1Cl)OCC. The van der Waals surface area contributed by atoms with Crippen molar-refractivity contribution >= 4 is 35.9 Å². The second-order valence-electron chi connectivity index (χ2n) is 3.06. The number of benzene rings is 1. The minimum atomic E-state index is -0.863. The summed E-state index contributed by atoms with van der Waals surface area (Å²) in [6, 6.07) is 5.87. The first kappa shape index (κ1) is 14.4. The second-order valence-corrected chi connectivity index (χ2v) is 5.88. The highest BCUT2D eigenvalue weighted by Crippen LogP contribution is 2.43. The van der Waals surface area contributed by atoms with Crippen LogP contribution in [0.4, 0.5) is 0 Å². The van der Waals surface area contributed by atoms with Gasteiger partial charge in [-0.05, 0) is 31.5 Å². The van der Waals surface area contributed by atoms with Gasteiger partial charge in [-0.25, -0.2) is 0 Å². The summed E-state index contributed by atoms with van der Waals surface area (Å²) in [5.41, 5.74) is 1.07. The van der Waals surface area contributed by atoms with Crippen molar-refractivity contribution in [2.24, 2.45) is 0 Å². The summed E-state index contributed by atoms with van der Waals surface area (Å²) < 4.78 is 12.1. The molecule has 16 heavy (non-hydrogen) atoms. The van der Waals surface area contributed by atoms with Crippen molar-refractivity contribution in [2.45, 2.75) is 20.0 Å². The van der Waals surface area contributed by atoms with Crippen molar-refractivity contribution in [3.8, 4) is 0 Å². The van der Waals surface area contributed by atoms with E-state index in [0.717, 1.165) is 21.2 Å². The molecule has 0 saturated carbocycles. The van der Waals surface area contributed by atoms with Gasteiger partial charge >= 0.3 is 0 Å². The Bertz CT molecular complexity index is 330. The number of rotatable bonds is 6.